The molecular formula is C27H25ClN4O3S. The SMILES string of the molecule is Cc1cc(/C=N\NC(=O)c2ccc(N(C)S(=O)(=O)c3ccccc3)cc2)c(C)n1-c1ccc(Cl)cc1. The van der Waals surface area contributed by atoms with Gasteiger partial charge in [-0.3, -0.25) is 9.10 Å². The predicted molar refractivity (Wildman–Crippen MR) is 144 cm³/mol. The van der Waals surface area contributed by atoms with Gasteiger partial charge in [-0.15, -0.1) is 0 Å². The van der Waals surface area contributed by atoms with E-state index in [1.165, 1.54) is 11.4 Å². The molecule has 0 saturated carbocycles. The number of halogens is 1. The molecule has 0 aliphatic rings. The number of aromatic nitrogens is 1. The van der Waals surface area contributed by atoms with Crippen LogP contribution in [0.2, 0.25) is 5.02 Å². The van der Waals surface area contributed by atoms with Crippen molar-refractivity contribution in [1.82, 2.24) is 9.99 Å². The fourth-order valence-corrected chi connectivity index (χ4v) is 5.19. The molecule has 0 unspecified atom stereocenters. The summed E-state index contributed by atoms with van der Waals surface area (Å²) in [6, 6.07) is 24.0. The molecule has 0 spiro atoms. The van der Waals surface area contributed by atoms with E-state index in [1.807, 2.05) is 44.2 Å². The molecule has 1 amide bonds. The Bertz CT molecular complexity index is 1510. The van der Waals surface area contributed by atoms with E-state index in [0.29, 0.717) is 16.3 Å². The molecule has 0 bridgehead atoms. The lowest BCUT2D eigenvalue weighted by Gasteiger charge is -2.19. The second-order valence-electron chi connectivity index (χ2n) is 8.17. The molecule has 0 aliphatic heterocycles. The molecule has 9 heteroatoms. The third-order valence-corrected chi connectivity index (χ3v) is 7.87. The summed E-state index contributed by atoms with van der Waals surface area (Å²) < 4.78 is 28.9. The topological polar surface area (TPSA) is 83.8 Å². The van der Waals surface area contributed by atoms with E-state index in [9.17, 15) is 13.2 Å². The monoisotopic (exact) mass is 520 g/mol. The lowest BCUT2D eigenvalue weighted by Crippen LogP contribution is -2.26. The molecule has 0 atom stereocenters. The second-order valence-corrected chi connectivity index (χ2v) is 10.6. The van der Waals surface area contributed by atoms with Gasteiger partial charge in [-0.05, 0) is 80.6 Å². The highest BCUT2D eigenvalue weighted by molar-refractivity contribution is 7.92. The second kappa shape index (κ2) is 10.4. The van der Waals surface area contributed by atoms with Gasteiger partial charge in [-0.1, -0.05) is 29.8 Å². The number of amides is 1. The Morgan fingerprint density at radius 3 is 2.25 bits per heavy atom. The summed E-state index contributed by atoms with van der Waals surface area (Å²) >= 11 is 6.00. The van der Waals surface area contributed by atoms with Gasteiger partial charge < -0.3 is 4.57 Å². The number of hydrogen-bond acceptors (Lipinski definition) is 4. The van der Waals surface area contributed by atoms with Crippen molar-refractivity contribution in [2.24, 2.45) is 5.10 Å². The lowest BCUT2D eigenvalue weighted by molar-refractivity contribution is 0.0955. The normalized spacial score (nSPS) is 11.6. The van der Waals surface area contributed by atoms with Crippen molar-refractivity contribution in [2.75, 3.05) is 11.4 Å². The zero-order valence-electron chi connectivity index (χ0n) is 20.0. The number of hydrazone groups is 1. The minimum absolute atomic E-state index is 0.194. The van der Waals surface area contributed by atoms with Gasteiger partial charge in [-0.25, -0.2) is 13.8 Å². The number of anilines is 1. The molecule has 7 nitrogen and oxygen atoms in total. The Morgan fingerprint density at radius 1 is 0.972 bits per heavy atom. The number of hydrogen-bond donors (Lipinski definition) is 1. The van der Waals surface area contributed by atoms with Crippen LogP contribution in [0.5, 0.6) is 0 Å². The summed E-state index contributed by atoms with van der Waals surface area (Å²) in [4.78, 5) is 12.8. The lowest BCUT2D eigenvalue weighted by atomic mass is 10.2. The molecule has 0 fully saturated rings. The number of rotatable bonds is 7. The van der Waals surface area contributed by atoms with Gasteiger partial charge in [0.05, 0.1) is 16.8 Å². The molecule has 0 saturated heterocycles. The smallest absolute Gasteiger partial charge is 0.271 e. The van der Waals surface area contributed by atoms with Crippen molar-refractivity contribution < 1.29 is 13.2 Å². The minimum Gasteiger partial charge on any atom is -0.318 e. The van der Waals surface area contributed by atoms with Crippen LogP contribution >= 0.6 is 11.6 Å². The third-order valence-electron chi connectivity index (χ3n) is 5.82. The Hall–Kier alpha value is -3.88. The first-order valence-electron chi connectivity index (χ1n) is 11.1. The molecule has 184 valence electrons. The Labute approximate surface area is 215 Å². The van der Waals surface area contributed by atoms with E-state index in [0.717, 1.165) is 22.6 Å². The van der Waals surface area contributed by atoms with Crippen molar-refractivity contribution >= 4 is 39.4 Å². The number of carbonyl (C=O) groups excluding carboxylic acids is 1. The Morgan fingerprint density at radius 2 is 1.61 bits per heavy atom. The fourth-order valence-electron chi connectivity index (χ4n) is 3.84. The van der Waals surface area contributed by atoms with E-state index >= 15 is 0 Å². The average Bonchev–Trinajstić information content (AvgIpc) is 3.17. The zero-order chi connectivity index (χ0) is 25.9. The molecule has 0 radical (unpaired) electrons. The maximum absolute atomic E-state index is 12.8. The van der Waals surface area contributed by atoms with Gasteiger partial charge in [0, 0.05) is 40.3 Å². The van der Waals surface area contributed by atoms with E-state index in [-0.39, 0.29) is 4.90 Å². The van der Waals surface area contributed by atoms with Gasteiger partial charge in [0.2, 0.25) is 0 Å². The van der Waals surface area contributed by atoms with Crippen LogP contribution in [0.4, 0.5) is 5.69 Å². The van der Waals surface area contributed by atoms with Crippen LogP contribution in [0.25, 0.3) is 5.69 Å². The maximum Gasteiger partial charge on any atom is 0.271 e. The molecule has 4 rings (SSSR count). The summed E-state index contributed by atoms with van der Waals surface area (Å²) in [5, 5.41) is 4.78. The van der Waals surface area contributed by atoms with E-state index in [4.69, 9.17) is 11.6 Å². The van der Waals surface area contributed by atoms with Crippen LogP contribution in [0.1, 0.15) is 27.3 Å². The summed E-state index contributed by atoms with van der Waals surface area (Å²) in [5.74, 6) is -0.405. The summed E-state index contributed by atoms with van der Waals surface area (Å²) in [6.45, 7) is 3.97. The highest BCUT2D eigenvalue weighted by Crippen LogP contribution is 2.23. The first-order chi connectivity index (χ1) is 17.2. The fraction of sp³-hybridized carbons (Fsp3) is 0.111. The van der Waals surface area contributed by atoms with Crippen LogP contribution in [0, 0.1) is 13.8 Å². The Balaban J connectivity index is 1.44. The summed E-state index contributed by atoms with van der Waals surface area (Å²) in [7, 11) is -2.22. The minimum atomic E-state index is -3.70. The first-order valence-corrected chi connectivity index (χ1v) is 12.9. The van der Waals surface area contributed by atoms with E-state index in [1.54, 1.807) is 60.8 Å². The van der Waals surface area contributed by atoms with Crippen molar-refractivity contribution in [1.29, 1.82) is 0 Å². The number of benzene rings is 3. The molecule has 1 heterocycles. The Kier molecular flexibility index (Phi) is 7.28. The quantitative estimate of drug-likeness (QED) is 0.264. The van der Waals surface area contributed by atoms with Crippen molar-refractivity contribution in [2.45, 2.75) is 18.7 Å². The number of sulfonamides is 1. The number of carbonyl (C=O) groups is 1. The molecule has 1 aromatic heterocycles. The first kappa shape index (κ1) is 25.2. The molecule has 4 aromatic rings. The summed E-state index contributed by atoms with van der Waals surface area (Å²) in [5.41, 5.74) is 7.16. The van der Waals surface area contributed by atoms with Crippen molar-refractivity contribution in [3.63, 3.8) is 0 Å². The predicted octanol–water partition coefficient (Wildman–Crippen LogP) is 5.34. The molecule has 36 heavy (non-hydrogen) atoms. The zero-order valence-corrected chi connectivity index (χ0v) is 21.6. The van der Waals surface area contributed by atoms with Crippen LogP contribution in [-0.4, -0.2) is 32.2 Å². The van der Waals surface area contributed by atoms with Crippen molar-refractivity contribution in [3.05, 3.63) is 112 Å². The van der Waals surface area contributed by atoms with Crippen LogP contribution in [-0.2, 0) is 10.0 Å². The van der Waals surface area contributed by atoms with Crippen molar-refractivity contribution in [3.8, 4) is 5.69 Å². The standard InChI is InChI=1S/C27H25ClN4O3S/c1-19-17-22(20(2)32(19)25-15-11-23(28)12-16-25)18-29-30-27(33)21-9-13-24(14-10-21)31(3)36(34,35)26-7-5-4-6-8-26/h4-18H,1-3H3,(H,30,33)/b29-18-. The van der Waals surface area contributed by atoms with Crippen LogP contribution in [0.3, 0.4) is 0 Å². The average molecular weight is 521 g/mol. The highest BCUT2D eigenvalue weighted by Gasteiger charge is 2.21. The van der Waals surface area contributed by atoms with Gasteiger partial charge in [0.25, 0.3) is 15.9 Å². The maximum atomic E-state index is 12.8. The largest absolute Gasteiger partial charge is 0.318 e. The highest BCUT2D eigenvalue weighted by atomic mass is 35.5. The van der Waals surface area contributed by atoms with Gasteiger partial charge in [-0.2, -0.15) is 5.10 Å². The van der Waals surface area contributed by atoms with E-state index < -0.39 is 15.9 Å². The summed E-state index contributed by atoms with van der Waals surface area (Å²) in [6.07, 6.45) is 1.60. The molecule has 1 N–H and O–H groups in total. The van der Waals surface area contributed by atoms with Crippen LogP contribution in [0.15, 0.2) is 94.9 Å². The van der Waals surface area contributed by atoms with Gasteiger partial charge in [0.15, 0.2) is 0 Å². The van der Waals surface area contributed by atoms with E-state index in [2.05, 4.69) is 15.1 Å². The molecule has 0 aliphatic carbocycles. The van der Waals surface area contributed by atoms with Crippen LogP contribution < -0.4 is 9.73 Å². The number of nitrogens with one attached hydrogen (secondary N) is 1. The molecule has 3 aromatic carbocycles. The van der Waals surface area contributed by atoms with Gasteiger partial charge in [0.1, 0.15) is 0 Å². The number of nitrogens with zero attached hydrogens (tertiary/aromatic N) is 3. The number of aryl methyl sites for hydroxylation is 1. The van der Waals surface area contributed by atoms with Gasteiger partial charge >= 0.3 is 0 Å². The third kappa shape index (κ3) is 5.19. The molecular weight excluding hydrogens is 496 g/mol.